The second-order valence-electron chi connectivity index (χ2n) is 4.80. The summed E-state index contributed by atoms with van der Waals surface area (Å²) in [6.07, 6.45) is -7.56. The van der Waals surface area contributed by atoms with Crippen LogP contribution in [0.5, 0.6) is 5.75 Å². The van der Waals surface area contributed by atoms with E-state index in [1.54, 1.807) is 4.90 Å². The highest BCUT2D eigenvalue weighted by molar-refractivity contribution is 6.32. The summed E-state index contributed by atoms with van der Waals surface area (Å²) < 4.78 is 67.0. The first-order valence-electron chi connectivity index (χ1n) is 6.56. The second kappa shape index (κ2) is 9.82. The molecule has 1 saturated heterocycles. The summed E-state index contributed by atoms with van der Waals surface area (Å²) in [5.41, 5.74) is 0.163. The van der Waals surface area contributed by atoms with Gasteiger partial charge in [-0.3, -0.25) is 4.90 Å². The molecule has 0 aliphatic carbocycles. The average Bonchev–Trinajstić information content (AvgIpc) is 2.41. The van der Waals surface area contributed by atoms with E-state index < -0.39 is 24.6 Å². The molecule has 1 aliphatic heterocycles. The van der Waals surface area contributed by atoms with Crippen LogP contribution in [0, 0.1) is 0 Å². The molecule has 1 fully saturated rings. The first-order valence-corrected chi connectivity index (χ1v) is 6.94. The normalized spacial score (nSPS) is 17.0. The van der Waals surface area contributed by atoms with Gasteiger partial charge in [0.2, 0.25) is 0 Å². The van der Waals surface area contributed by atoms with Gasteiger partial charge in [0.15, 0.2) is 0 Å². The number of hydrogen-bond acceptors (Lipinski definition) is 3. The van der Waals surface area contributed by atoms with Crippen LogP contribution < -0.4 is 10.1 Å². The number of rotatable bonds is 4. The smallest absolute Gasteiger partial charge is 0.404 e. The molecule has 0 unspecified atom stereocenters. The highest BCUT2D eigenvalue weighted by Crippen LogP contribution is 2.35. The van der Waals surface area contributed by atoms with Crippen LogP contribution in [0.3, 0.4) is 0 Å². The third kappa shape index (κ3) is 6.40. The van der Waals surface area contributed by atoms with Crippen LogP contribution >= 0.6 is 36.4 Å². The third-order valence-electron chi connectivity index (χ3n) is 3.31. The molecule has 0 amide bonds. The first kappa shape index (κ1) is 23.5. The van der Waals surface area contributed by atoms with Crippen molar-refractivity contribution in [2.75, 3.05) is 26.2 Å². The van der Waals surface area contributed by atoms with E-state index >= 15 is 0 Å². The van der Waals surface area contributed by atoms with Crippen molar-refractivity contribution in [3.05, 3.63) is 28.8 Å². The van der Waals surface area contributed by atoms with Crippen molar-refractivity contribution >= 4 is 36.4 Å². The molecule has 3 nitrogen and oxygen atoms in total. The van der Waals surface area contributed by atoms with Gasteiger partial charge < -0.3 is 10.1 Å². The zero-order valence-corrected chi connectivity index (χ0v) is 14.5. The second-order valence-corrected chi connectivity index (χ2v) is 5.21. The Kier molecular flexibility index (Phi) is 9.60. The molecule has 1 atom stereocenters. The van der Waals surface area contributed by atoms with Crippen molar-refractivity contribution in [1.82, 2.24) is 10.2 Å². The van der Waals surface area contributed by atoms with Gasteiger partial charge in [0, 0.05) is 26.2 Å². The Morgan fingerprint density at radius 1 is 1.12 bits per heavy atom. The number of piperazine rings is 1. The molecular formula is C13H16Cl3F5N2O. The van der Waals surface area contributed by atoms with Gasteiger partial charge in [-0.2, -0.15) is 0 Å². The minimum Gasteiger partial charge on any atom is -0.404 e. The number of alkyl halides is 5. The zero-order valence-electron chi connectivity index (χ0n) is 12.2. The molecule has 0 aromatic heterocycles. The maximum absolute atomic E-state index is 13.4. The molecule has 2 rings (SSSR count). The van der Waals surface area contributed by atoms with E-state index in [-0.39, 0.29) is 35.4 Å². The summed E-state index contributed by atoms with van der Waals surface area (Å²) in [6, 6.07) is 2.04. The number of hydrogen-bond donors (Lipinski definition) is 1. The van der Waals surface area contributed by atoms with Crippen LogP contribution in [-0.4, -0.2) is 43.9 Å². The van der Waals surface area contributed by atoms with Gasteiger partial charge in [-0.05, 0) is 17.7 Å². The lowest BCUT2D eigenvalue weighted by Crippen LogP contribution is -2.46. The Labute approximate surface area is 153 Å². The lowest BCUT2D eigenvalue weighted by atomic mass is 10.0. The number of nitrogens with one attached hydrogen (secondary N) is 1. The standard InChI is InChI=1S/C13H14ClF5N2O.2ClH/c14-9-7-8(1-2-10(9)22-13(17,18)19)11(12(15)16)21-5-3-20-4-6-21;;/h1-2,7,11-12,20H,3-6H2;2*1H/t11-;;/m1../s1. The summed E-state index contributed by atoms with van der Waals surface area (Å²) in [5.74, 6) is -0.605. The topological polar surface area (TPSA) is 24.5 Å². The molecule has 1 heterocycles. The van der Waals surface area contributed by atoms with E-state index in [4.69, 9.17) is 11.6 Å². The van der Waals surface area contributed by atoms with Gasteiger partial charge in [-0.25, -0.2) is 8.78 Å². The number of nitrogens with zero attached hydrogens (tertiary/aromatic N) is 1. The van der Waals surface area contributed by atoms with Crippen molar-refractivity contribution in [3.63, 3.8) is 0 Å². The minimum absolute atomic E-state index is 0. The van der Waals surface area contributed by atoms with Crippen LogP contribution in [0.1, 0.15) is 11.6 Å². The Morgan fingerprint density at radius 3 is 2.17 bits per heavy atom. The maximum atomic E-state index is 13.4. The molecule has 1 N–H and O–H groups in total. The molecule has 24 heavy (non-hydrogen) atoms. The van der Waals surface area contributed by atoms with E-state index in [2.05, 4.69) is 10.1 Å². The fourth-order valence-electron chi connectivity index (χ4n) is 2.38. The highest BCUT2D eigenvalue weighted by atomic mass is 35.5. The number of ether oxygens (including phenoxy) is 1. The molecule has 1 aromatic carbocycles. The fraction of sp³-hybridized carbons (Fsp3) is 0.538. The van der Waals surface area contributed by atoms with E-state index in [9.17, 15) is 22.0 Å². The zero-order chi connectivity index (χ0) is 16.3. The summed E-state index contributed by atoms with van der Waals surface area (Å²) in [5, 5.41) is 2.70. The molecule has 1 aliphatic rings. The van der Waals surface area contributed by atoms with Gasteiger partial charge >= 0.3 is 6.36 Å². The van der Waals surface area contributed by atoms with E-state index in [1.807, 2.05) is 0 Å². The monoisotopic (exact) mass is 416 g/mol. The molecule has 0 saturated carbocycles. The highest BCUT2D eigenvalue weighted by Gasteiger charge is 2.34. The van der Waals surface area contributed by atoms with Crippen LogP contribution in [0.15, 0.2) is 18.2 Å². The van der Waals surface area contributed by atoms with Gasteiger partial charge in [-0.15, -0.1) is 38.0 Å². The average molecular weight is 418 g/mol. The molecule has 0 radical (unpaired) electrons. The van der Waals surface area contributed by atoms with E-state index in [0.29, 0.717) is 26.2 Å². The van der Waals surface area contributed by atoms with Crippen LogP contribution in [-0.2, 0) is 0 Å². The predicted molar refractivity (Wildman–Crippen MR) is 85.8 cm³/mol. The number of halogens is 8. The van der Waals surface area contributed by atoms with Crippen LogP contribution in [0.25, 0.3) is 0 Å². The van der Waals surface area contributed by atoms with Crippen LogP contribution in [0.4, 0.5) is 22.0 Å². The quantitative estimate of drug-likeness (QED) is 0.740. The van der Waals surface area contributed by atoms with Gasteiger partial charge in [-0.1, -0.05) is 17.7 Å². The third-order valence-corrected chi connectivity index (χ3v) is 3.60. The maximum Gasteiger partial charge on any atom is 0.573 e. The minimum atomic E-state index is -4.88. The molecule has 140 valence electrons. The Balaban J connectivity index is 0.00000264. The molecule has 0 spiro atoms. The van der Waals surface area contributed by atoms with E-state index in [1.165, 1.54) is 6.07 Å². The SMILES string of the molecule is Cl.Cl.FC(F)[C@@H](c1ccc(OC(F)(F)F)c(Cl)c1)N1CCNCC1. The van der Waals surface area contributed by atoms with Gasteiger partial charge in [0.25, 0.3) is 6.43 Å². The van der Waals surface area contributed by atoms with Gasteiger partial charge in [0.05, 0.1) is 11.1 Å². The van der Waals surface area contributed by atoms with Crippen molar-refractivity contribution < 1.29 is 26.7 Å². The lowest BCUT2D eigenvalue weighted by Gasteiger charge is -2.34. The van der Waals surface area contributed by atoms with Crippen molar-refractivity contribution in [3.8, 4) is 5.75 Å². The van der Waals surface area contributed by atoms with Crippen LogP contribution in [0.2, 0.25) is 5.02 Å². The van der Waals surface area contributed by atoms with Gasteiger partial charge in [0.1, 0.15) is 5.75 Å². The molecular weight excluding hydrogens is 402 g/mol. The fourth-order valence-corrected chi connectivity index (χ4v) is 2.61. The van der Waals surface area contributed by atoms with Crippen molar-refractivity contribution in [2.45, 2.75) is 18.8 Å². The van der Waals surface area contributed by atoms with E-state index in [0.717, 1.165) is 12.1 Å². The van der Waals surface area contributed by atoms with Crippen molar-refractivity contribution in [2.24, 2.45) is 0 Å². The summed E-state index contributed by atoms with van der Waals surface area (Å²) in [7, 11) is 0. The summed E-state index contributed by atoms with van der Waals surface area (Å²) in [6.45, 7) is 2.00. The Morgan fingerprint density at radius 2 is 1.71 bits per heavy atom. The molecule has 11 heteroatoms. The number of benzene rings is 1. The molecule has 0 bridgehead atoms. The summed E-state index contributed by atoms with van der Waals surface area (Å²) >= 11 is 5.72. The Bertz CT molecular complexity index is 513. The first-order chi connectivity index (χ1) is 10.3. The van der Waals surface area contributed by atoms with Crippen molar-refractivity contribution in [1.29, 1.82) is 0 Å². The lowest BCUT2D eigenvalue weighted by molar-refractivity contribution is -0.274. The molecule has 1 aromatic rings. The Hall–Kier alpha value is -0.540. The largest absolute Gasteiger partial charge is 0.573 e. The summed E-state index contributed by atoms with van der Waals surface area (Å²) in [4.78, 5) is 1.58. The predicted octanol–water partition coefficient (Wildman–Crippen LogP) is 4.29.